The number of para-hydroxylation sites is 1. The molecule has 4 nitrogen and oxygen atoms in total. The number of carbonyl (C=O) groups excluding carboxylic acids is 1. The second-order valence-electron chi connectivity index (χ2n) is 5.31. The van der Waals surface area contributed by atoms with E-state index in [9.17, 15) is 9.90 Å². The number of carbonyl (C=O) groups is 1. The zero-order valence-corrected chi connectivity index (χ0v) is 12.4. The molecule has 20 heavy (non-hydrogen) atoms. The van der Waals surface area contributed by atoms with Crippen molar-refractivity contribution in [1.29, 1.82) is 0 Å². The van der Waals surface area contributed by atoms with Gasteiger partial charge in [0.25, 0.3) is 5.91 Å². The molecule has 0 aromatic heterocycles. The van der Waals surface area contributed by atoms with Crippen molar-refractivity contribution >= 4 is 23.1 Å². The number of amides is 1. The van der Waals surface area contributed by atoms with Crippen molar-refractivity contribution in [2.75, 3.05) is 6.54 Å². The van der Waals surface area contributed by atoms with Crippen LogP contribution < -0.4 is 5.73 Å². The molecule has 0 saturated heterocycles. The molecule has 0 heterocycles. The van der Waals surface area contributed by atoms with Crippen molar-refractivity contribution in [2.24, 2.45) is 5.73 Å². The van der Waals surface area contributed by atoms with Crippen LogP contribution in [-0.2, 0) is 0 Å². The van der Waals surface area contributed by atoms with Gasteiger partial charge in [-0.15, -0.1) is 0 Å². The van der Waals surface area contributed by atoms with E-state index in [1.54, 1.807) is 30.0 Å². The molecule has 1 amide bonds. The molecule has 0 spiro atoms. The van der Waals surface area contributed by atoms with Gasteiger partial charge in [-0.05, 0) is 31.4 Å². The predicted octanol–water partition coefficient (Wildman–Crippen LogP) is 2.37. The molecule has 1 aliphatic carbocycles. The number of hydrogen-bond acceptors (Lipinski definition) is 3. The maximum absolute atomic E-state index is 12.7. The smallest absolute Gasteiger partial charge is 0.258 e. The van der Waals surface area contributed by atoms with E-state index in [1.807, 2.05) is 0 Å². The molecule has 1 aromatic carbocycles. The molecule has 108 valence electrons. The highest BCUT2D eigenvalue weighted by Gasteiger charge is 2.29. The summed E-state index contributed by atoms with van der Waals surface area (Å²) in [6.45, 7) is 2.05. The lowest BCUT2D eigenvalue weighted by molar-refractivity contribution is 0.0711. The Balaban J connectivity index is 2.29. The first kappa shape index (κ1) is 14.8. The van der Waals surface area contributed by atoms with Gasteiger partial charge < -0.3 is 15.7 Å². The van der Waals surface area contributed by atoms with E-state index in [4.69, 9.17) is 18.0 Å². The van der Waals surface area contributed by atoms with Gasteiger partial charge in [-0.3, -0.25) is 4.79 Å². The summed E-state index contributed by atoms with van der Waals surface area (Å²) >= 11 is 4.96. The number of thiocarbonyl (C=S) groups is 1. The van der Waals surface area contributed by atoms with E-state index in [2.05, 4.69) is 0 Å². The average Bonchev–Trinajstić information content (AvgIpc) is 2.92. The Morgan fingerprint density at radius 2 is 2.10 bits per heavy atom. The minimum absolute atomic E-state index is 0.0448. The zero-order valence-electron chi connectivity index (χ0n) is 11.6. The quantitative estimate of drug-likeness (QED) is 0.836. The number of phenols is 1. The van der Waals surface area contributed by atoms with Crippen molar-refractivity contribution in [1.82, 2.24) is 4.90 Å². The van der Waals surface area contributed by atoms with Crippen molar-refractivity contribution < 1.29 is 9.90 Å². The van der Waals surface area contributed by atoms with E-state index >= 15 is 0 Å². The summed E-state index contributed by atoms with van der Waals surface area (Å²) in [6.07, 6.45) is 4.18. The van der Waals surface area contributed by atoms with Crippen LogP contribution in [0.1, 0.15) is 41.6 Å². The van der Waals surface area contributed by atoms with E-state index < -0.39 is 0 Å². The first-order valence-corrected chi connectivity index (χ1v) is 7.29. The number of aryl methyl sites for hydroxylation is 1. The normalized spacial score (nSPS) is 15.2. The van der Waals surface area contributed by atoms with Crippen molar-refractivity contribution in [2.45, 2.75) is 38.6 Å². The molecule has 1 aromatic rings. The van der Waals surface area contributed by atoms with Crippen molar-refractivity contribution in [3.8, 4) is 5.75 Å². The monoisotopic (exact) mass is 292 g/mol. The molecule has 0 aliphatic heterocycles. The maximum atomic E-state index is 12.7. The number of benzene rings is 1. The Labute approximate surface area is 124 Å². The van der Waals surface area contributed by atoms with E-state index in [-0.39, 0.29) is 24.2 Å². The molecule has 2 rings (SSSR count). The number of rotatable bonds is 4. The highest BCUT2D eigenvalue weighted by atomic mass is 32.1. The van der Waals surface area contributed by atoms with Crippen LogP contribution in [0, 0.1) is 6.92 Å². The van der Waals surface area contributed by atoms with Crippen molar-refractivity contribution in [3.63, 3.8) is 0 Å². The third-order valence-corrected chi connectivity index (χ3v) is 3.95. The molecule has 0 radical (unpaired) electrons. The minimum Gasteiger partial charge on any atom is -0.507 e. The highest BCUT2D eigenvalue weighted by Crippen LogP contribution is 2.28. The van der Waals surface area contributed by atoms with Crippen LogP contribution in [0.25, 0.3) is 0 Å². The van der Waals surface area contributed by atoms with Gasteiger partial charge in [-0.2, -0.15) is 0 Å². The molecular weight excluding hydrogens is 272 g/mol. The zero-order chi connectivity index (χ0) is 14.7. The largest absolute Gasteiger partial charge is 0.507 e. The average molecular weight is 292 g/mol. The third-order valence-electron chi connectivity index (χ3n) is 3.82. The first-order valence-electron chi connectivity index (χ1n) is 6.88. The minimum atomic E-state index is -0.189. The maximum Gasteiger partial charge on any atom is 0.258 e. The second-order valence-corrected chi connectivity index (χ2v) is 5.83. The number of aromatic hydroxyl groups is 1. The van der Waals surface area contributed by atoms with Crippen LogP contribution >= 0.6 is 12.2 Å². The van der Waals surface area contributed by atoms with Gasteiger partial charge in [0, 0.05) is 6.04 Å². The topological polar surface area (TPSA) is 66.6 Å². The van der Waals surface area contributed by atoms with Gasteiger partial charge in [0.05, 0.1) is 17.1 Å². The van der Waals surface area contributed by atoms with Crippen LogP contribution in [-0.4, -0.2) is 33.5 Å². The standard InChI is InChI=1S/C15H20N2O2S/c1-10-5-4-8-12(14(10)18)15(19)17(9-13(16)20)11-6-2-3-7-11/h4-5,8,11,18H,2-3,6-7,9H2,1H3,(H2,16,20). The van der Waals surface area contributed by atoms with Gasteiger partial charge in [-0.25, -0.2) is 0 Å². The van der Waals surface area contributed by atoms with E-state index in [1.165, 1.54) is 0 Å². The Kier molecular flexibility index (Phi) is 4.60. The van der Waals surface area contributed by atoms with Crippen molar-refractivity contribution in [3.05, 3.63) is 29.3 Å². The predicted molar refractivity (Wildman–Crippen MR) is 82.9 cm³/mol. The highest BCUT2D eigenvalue weighted by molar-refractivity contribution is 7.80. The first-order chi connectivity index (χ1) is 9.50. The summed E-state index contributed by atoms with van der Waals surface area (Å²) in [5.41, 5.74) is 6.64. The fraction of sp³-hybridized carbons (Fsp3) is 0.467. The lowest BCUT2D eigenvalue weighted by Crippen LogP contribution is -2.43. The summed E-state index contributed by atoms with van der Waals surface area (Å²) < 4.78 is 0. The fourth-order valence-corrected chi connectivity index (χ4v) is 2.88. The molecule has 1 aliphatic rings. The van der Waals surface area contributed by atoms with E-state index in [0.717, 1.165) is 25.7 Å². The SMILES string of the molecule is Cc1cccc(C(=O)N(CC(N)=S)C2CCCC2)c1O. The number of phenolic OH excluding ortho intramolecular Hbond substituents is 1. The van der Waals surface area contributed by atoms with Gasteiger partial charge in [0.2, 0.25) is 0 Å². The number of hydrogen-bond donors (Lipinski definition) is 2. The molecule has 1 fully saturated rings. The van der Waals surface area contributed by atoms with Gasteiger partial charge in [0.1, 0.15) is 5.75 Å². The van der Waals surface area contributed by atoms with E-state index in [0.29, 0.717) is 16.1 Å². The lowest BCUT2D eigenvalue weighted by atomic mass is 10.1. The van der Waals surface area contributed by atoms with Gasteiger partial charge in [-0.1, -0.05) is 37.2 Å². The van der Waals surface area contributed by atoms with Gasteiger partial charge >= 0.3 is 0 Å². The number of nitrogens with two attached hydrogens (primary N) is 1. The summed E-state index contributed by atoms with van der Waals surface area (Å²) in [4.78, 5) is 14.7. The summed E-state index contributed by atoms with van der Waals surface area (Å²) in [5, 5.41) is 10.1. The molecule has 0 atom stereocenters. The Hall–Kier alpha value is -1.62. The summed E-state index contributed by atoms with van der Waals surface area (Å²) in [6, 6.07) is 5.37. The Morgan fingerprint density at radius 3 is 2.70 bits per heavy atom. The van der Waals surface area contributed by atoms with Gasteiger partial charge in [0.15, 0.2) is 0 Å². The molecule has 5 heteroatoms. The molecule has 0 unspecified atom stereocenters. The van der Waals surface area contributed by atoms with Crippen LogP contribution in [0.3, 0.4) is 0 Å². The third kappa shape index (κ3) is 3.10. The lowest BCUT2D eigenvalue weighted by Gasteiger charge is -2.29. The Bertz CT molecular complexity index is 525. The summed E-state index contributed by atoms with van der Waals surface area (Å²) in [5.74, 6) is -0.144. The van der Waals surface area contributed by atoms with Crippen LogP contribution in [0.2, 0.25) is 0 Å². The fourth-order valence-electron chi connectivity index (χ4n) is 2.74. The van der Waals surface area contributed by atoms with Crippen LogP contribution in [0.4, 0.5) is 0 Å². The second kappa shape index (κ2) is 6.22. The number of nitrogens with zero attached hydrogens (tertiary/aromatic N) is 1. The molecular formula is C15H20N2O2S. The Morgan fingerprint density at radius 1 is 1.45 bits per heavy atom. The summed E-state index contributed by atoms with van der Waals surface area (Å²) in [7, 11) is 0. The molecule has 0 bridgehead atoms. The molecule has 1 saturated carbocycles. The molecule has 3 N–H and O–H groups in total. The van der Waals surface area contributed by atoms with Crippen LogP contribution in [0.5, 0.6) is 5.75 Å². The van der Waals surface area contributed by atoms with Crippen LogP contribution in [0.15, 0.2) is 18.2 Å².